The van der Waals surface area contributed by atoms with Gasteiger partial charge in [0.25, 0.3) is 0 Å². The van der Waals surface area contributed by atoms with Crippen LogP contribution in [0.15, 0.2) is 71.6 Å². The molecule has 160 valence electrons. The number of hydrogen-bond donors (Lipinski definition) is 1. The van der Waals surface area contributed by atoms with Crippen molar-refractivity contribution in [3.8, 4) is 0 Å². The second kappa shape index (κ2) is 8.83. The van der Waals surface area contributed by atoms with Gasteiger partial charge in [-0.3, -0.25) is 4.79 Å². The Morgan fingerprint density at radius 3 is 2.52 bits per heavy atom. The lowest BCUT2D eigenvalue weighted by atomic mass is 10.0. The number of anilines is 1. The smallest absolute Gasteiger partial charge is 0.243 e. The highest BCUT2D eigenvalue weighted by molar-refractivity contribution is 7.89. The standard InChI is InChI=1S/C24H23ClN2O3S/c1-17-6-10-22(11-7-17)31(29,30)27-13-12-18-8-9-21(14-20(18)16-27)26-24(28)15-19-4-2-3-5-23(19)25/h2-11,14H,12-13,15-16H2,1H3,(H,26,28). The first-order valence-electron chi connectivity index (χ1n) is 10.0. The minimum atomic E-state index is -3.57. The van der Waals surface area contributed by atoms with Crippen molar-refractivity contribution in [1.29, 1.82) is 0 Å². The van der Waals surface area contributed by atoms with E-state index in [0.717, 1.165) is 22.3 Å². The van der Waals surface area contributed by atoms with E-state index in [1.807, 2.05) is 43.3 Å². The molecular formula is C24H23ClN2O3S. The Morgan fingerprint density at radius 2 is 1.77 bits per heavy atom. The van der Waals surface area contributed by atoms with Crippen LogP contribution in [0.3, 0.4) is 0 Å². The van der Waals surface area contributed by atoms with Crippen LogP contribution in [0.5, 0.6) is 0 Å². The largest absolute Gasteiger partial charge is 0.326 e. The van der Waals surface area contributed by atoms with E-state index < -0.39 is 10.0 Å². The average Bonchev–Trinajstić information content (AvgIpc) is 2.75. The quantitative estimate of drug-likeness (QED) is 0.613. The van der Waals surface area contributed by atoms with E-state index >= 15 is 0 Å². The summed E-state index contributed by atoms with van der Waals surface area (Å²) in [7, 11) is -3.57. The molecule has 1 aliphatic rings. The van der Waals surface area contributed by atoms with E-state index in [2.05, 4.69) is 5.32 Å². The number of amides is 1. The molecule has 1 aliphatic heterocycles. The minimum absolute atomic E-state index is 0.171. The number of carbonyl (C=O) groups is 1. The summed E-state index contributed by atoms with van der Waals surface area (Å²) >= 11 is 6.14. The molecule has 0 bridgehead atoms. The molecule has 1 heterocycles. The number of aryl methyl sites for hydroxylation is 1. The van der Waals surface area contributed by atoms with E-state index in [9.17, 15) is 13.2 Å². The van der Waals surface area contributed by atoms with Gasteiger partial charge in [0, 0.05) is 23.8 Å². The summed E-state index contributed by atoms with van der Waals surface area (Å²) in [6, 6.07) is 19.8. The molecule has 0 unspecified atom stereocenters. The summed E-state index contributed by atoms with van der Waals surface area (Å²) in [6.07, 6.45) is 0.805. The number of hydrogen-bond acceptors (Lipinski definition) is 3. The van der Waals surface area contributed by atoms with Crippen LogP contribution in [0, 0.1) is 6.92 Å². The number of benzene rings is 3. The van der Waals surface area contributed by atoms with Crippen LogP contribution in [0.2, 0.25) is 5.02 Å². The number of sulfonamides is 1. The van der Waals surface area contributed by atoms with Gasteiger partial charge in [-0.1, -0.05) is 53.6 Å². The van der Waals surface area contributed by atoms with Crippen LogP contribution < -0.4 is 5.32 Å². The van der Waals surface area contributed by atoms with Gasteiger partial charge in [0.05, 0.1) is 11.3 Å². The van der Waals surface area contributed by atoms with Gasteiger partial charge < -0.3 is 5.32 Å². The van der Waals surface area contributed by atoms with Crippen molar-refractivity contribution < 1.29 is 13.2 Å². The molecule has 0 atom stereocenters. The lowest BCUT2D eigenvalue weighted by molar-refractivity contribution is -0.115. The molecule has 31 heavy (non-hydrogen) atoms. The first kappa shape index (κ1) is 21.6. The fourth-order valence-corrected chi connectivity index (χ4v) is 5.31. The summed E-state index contributed by atoms with van der Waals surface area (Å²) in [5.41, 5.74) is 4.41. The van der Waals surface area contributed by atoms with E-state index in [1.165, 1.54) is 4.31 Å². The first-order valence-corrected chi connectivity index (χ1v) is 11.9. The number of fused-ring (bicyclic) bond motifs is 1. The zero-order valence-electron chi connectivity index (χ0n) is 17.1. The lowest BCUT2D eigenvalue weighted by Crippen LogP contribution is -2.36. The van der Waals surface area contributed by atoms with Crippen LogP contribution in [0.4, 0.5) is 5.69 Å². The zero-order valence-corrected chi connectivity index (χ0v) is 18.7. The van der Waals surface area contributed by atoms with Crippen molar-refractivity contribution in [2.24, 2.45) is 0 Å². The van der Waals surface area contributed by atoms with E-state index in [0.29, 0.717) is 28.6 Å². The Kier molecular flexibility index (Phi) is 6.14. The molecule has 0 fully saturated rings. The van der Waals surface area contributed by atoms with Crippen LogP contribution in [-0.2, 0) is 34.2 Å². The molecule has 0 aliphatic carbocycles. The number of nitrogens with zero attached hydrogens (tertiary/aromatic N) is 1. The average molecular weight is 455 g/mol. The maximum absolute atomic E-state index is 13.0. The minimum Gasteiger partial charge on any atom is -0.326 e. The van der Waals surface area contributed by atoms with Crippen molar-refractivity contribution in [2.75, 3.05) is 11.9 Å². The van der Waals surface area contributed by atoms with Crippen molar-refractivity contribution in [1.82, 2.24) is 4.31 Å². The second-order valence-electron chi connectivity index (χ2n) is 7.70. The van der Waals surface area contributed by atoms with Gasteiger partial charge in [-0.25, -0.2) is 8.42 Å². The summed E-state index contributed by atoms with van der Waals surface area (Å²) in [6.45, 7) is 2.64. The number of halogens is 1. The van der Waals surface area contributed by atoms with Gasteiger partial charge in [0.1, 0.15) is 0 Å². The fourth-order valence-electron chi connectivity index (χ4n) is 3.69. The second-order valence-corrected chi connectivity index (χ2v) is 10.0. The van der Waals surface area contributed by atoms with Gasteiger partial charge in [0.2, 0.25) is 15.9 Å². The molecule has 0 radical (unpaired) electrons. The van der Waals surface area contributed by atoms with Gasteiger partial charge in [0.15, 0.2) is 0 Å². The number of nitrogens with one attached hydrogen (secondary N) is 1. The third kappa shape index (κ3) is 4.82. The molecule has 7 heteroatoms. The predicted molar refractivity (Wildman–Crippen MR) is 123 cm³/mol. The van der Waals surface area contributed by atoms with Gasteiger partial charge >= 0.3 is 0 Å². The van der Waals surface area contributed by atoms with Gasteiger partial charge in [-0.2, -0.15) is 4.31 Å². The highest BCUT2D eigenvalue weighted by Crippen LogP contribution is 2.27. The highest BCUT2D eigenvalue weighted by Gasteiger charge is 2.28. The molecule has 0 spiro atoms. The maximum Gasteiger partial charge on any atom is 0.243 e. The van der Waals surface area contributed by atoms with Crippen molar-refractivity contribution in [3.63, 3.8) is 0 Å². The zero-order chi connectivity index (χ0) is 22.0. The van der Waals surface area contributed by atoms with E-state index in [-0.39, 0.29) is 18.9 Å². The Bertz CT molecular complexity index is 1220. The van der Waals surface area contributed by atoms with Gasteiger partial charge in [-0.15, -0.1) is 0 Å². The molecule has 0 saturated carbocycles. The van der Waals surface area contributed by atoms with Gasteiger partial charge in [-0.05, 0) is 60.4 Å². The lowest BCUT2D eigenvalue weighted by Gasteiger charge is -2.28. The number of carbonyl (C=O) groups excluding carboxylic acids is 1. The molecule has 4 rings (SSSR count). The molecule has 3 aromatic carbocycles. The Labute approximate surface area is 187 Å². The van der Waals surface area contributed by atoms with E-state index in [4.69, 9.17) is 11.6 Å². The summed E-state index contributed by atoms with van der Waals surface area (Å²) in [5, 5.41) is 3.45. The van der Waals surface area contributed by atoms with Crippen molar-refractivity contribution >= 4 is 33.2 Å². The molecule has 1 amide bonds. The SMILES string of the molecule is Cc1ccc(S(=O)(=O)N2CCc3ccc(NC(=O)Cc4ccccc4Cl)cc3C2)cc1. The molecule has 1 N–H and O–H groups in total. The maximum atomic E-state index is 13.0. The number of rotatable bonds is 5. The third-order valence-corrected chi connectivity index (χ3v) is 7.66. The monoisotopic (exact) mass is 454 g/mol. The molecule has 3 aromatic rings. The van der Waals surface area contributed by atoms with Crippen LogP contribution in [0.1, 0.15) is 22.3 Å². The topological polar surface area (TPSA) is 66.5 Å². The van der Waals surface area contributed by atoms with Crippen molar-refractivity contribution in [2.45, 2.75) is 31.2 Å². The normalized spacial score (nSPS) is 14.1. The Hall–Kier alpha value is -2.67. The molecular weight excluding hydrogens is 432 g/mol. The molecule has 5 nitrogen and oxygen atoms in total. The fraction of sp³-hybridized carbons (Fsp3) is 0.208. The summed E-state index contributed by atoms with van der Waals surface area (Å²) < 4.78 is 27.6. The van der Waals surface area contributed by atoms with Crippen LogP contribution in [0.25, 0.3) is 0 Å². The Morgan fingerprint density at radius 1 is 1.03 bits per heavy atom. The Balaban J connectivity index is 1.49. The molecule has 0 saturated heterocycles. The predicted octanol–water partition coefficient (Wildman–Crippen LogP) is 4.58. The highest BCUT2D eigenvalue weighted by atomic mass is 35.5. The molecule has 0 aromatic heterocycles. The first-order chi connectivity index (χ1) is 14.8. The summed E-state index contributed by atoms with van der Waals surface area (Å²) in [5.74, 6) is -0.173. The van der Waals surface area contributed by atoms with Crippen molar-refractivity contribution in [3.05, 3.63) is 94.0 Å². The van der Waals surface area contributed by atoms with Crippen LogP contribution >= 0.6 is 11.6 Å². The van der Waals surface area contributed by atoms with Crippen LogP contribution in [-0.4, -0.2) is 25.2 Å². The summed E-state index contributed by atoms with van der Waals surface area (Å²) in [4.78, 5) is 12.8. The third-order valence-electron chi connectivity index (χ3n) is 5.43. The van der Waals surface area contributed by atoms with E-state index in [1.54, 1.807) is 30.3 Å².